The topological polar surface area (TPSA) is 211 Å². The Morgan fingerprint density at radius 1 is 0.977 bits per heavy atom. The molecule has 4 aliphatic carbocycles. The van der Waals surface area contributed by atoms with E-state index in [0.29, 0.717) is 6.42 Å². The normalized spacial score (nSPS) is 54.0. The number of Topliss-reactive ketones (excluding diaryl/α,β-unsaturated/α-hetero) is 2. The summed E-state index contributed by atoms with van der Waals surface area (Å²) in [7, 11) is 0. The monoisotopic (exact) mass is 624 g/mol. The molecule has 12 atom stereocenters. The SMILES string of the molecule is C=C[C@@]1(C)CC(=O)[C@]2(O)[C@@]3(C)[C@@H](O)CCC(C)(C)[C@@H]3[C@H](O)[C@H](OC(=O)[C@@H](O)[C@@]3(O)C(C)(C)[C@@]3(O)[C@@]3(O)C(=O)C3(C)C)[C@@]2(C)O1. The Labute approximate surface area is 257 Å². The van der Waals surface area contributed by atoms with Gasteiger partial charge in [0.15, 0.2) is 35.0 Å². The van der Waals surface area contributed by atoms with Crippen LogP contribution in [0.4, 0.5) is 0 Å². The predicted octanol–water partition coefficient (Wildman–Crippen LogP) is -0.297. The molecule has 5 rings (SSSR count). The molecule has 0 aromatic rings. The number of esters is 1. The van der Waals surface area contributed by atoms with Gasteiger partial charge in [0, 0.05) is 23.2 Å². The number of rotatable bonds is 5. The standard InChI is InChI=1S/C32H48O12/c1-11-26(8)14-16(34)29(39)27(9)15(33)12-13-23(2,3)18(27)17(35)20(28(29,10)44-26)43-21(37)19(36)30(40)25(6,7)32(30,42)31(41)22(38)24(31,4)5/h11,15,17-20,33,35-36,39-42H,1,12-14H2,2-10H3/t15-,17-,18-,19+,20-,26-,27-,28+,29-,30+,31+,32-/m0/s1. The fourth-order valence-corrected chi connectivity index (χ4v) is 10.2. The lowest BCUT2D eigenvalue weighted by Gasteiger charge is -2.71. The van der Waals surface area contributed by atoms with E-state index in [9.17, 15) is 50.1 Å². The molecule has 248 valence electrons. The Kier molecular flexibility index (Phi) is 6.54. The summed E-state index contributed by atoms with van der Waals surface area (Å²) in [6.07, 6.45) is -5.71. The Bertz CT molecular complexity index is 1360. The Hall–Kier alpha value is -1.77. The lowest BCUT2D eigenvalue weighted by Crippen LogP contribution is -2.86. The van der Waals surface area contributed by atoms with Crippen molar-refractivity contribution < 1.29 is 59.6 Å². The lowest BCUT2D eigenvalue weighted by atomic mass is 9.40. The van der Waals surface area contributed by atoms with Crippen LogP contribution in [0.5, 0.6) is 0 Å². The van der Waals surface area contributed by atoms with Crippen LogP contribution in [-0.4, -0.2) is 111 Å². The molecule has 1 saturated heterocycles. The van der Waals surface area contributed by atoms with Crippen LogP contribution in [0.1, 0.15) is 81.6 Å². The molecule has 0 unspecified atom stereocenters. The van der Waals surface area contributed by atoms with Crippen molar-refractivity contribution in [1.82, 2.24) is 0 Å². The first kappa shape index (κ1) is 33.6. The predicted molar refractivity (Wildman–Crippen MR) is 153 cm³/mol. The Morgan fingerprint density at radius 3 is 1.98 bits per heavy atom. The van der Waals surface area contributed by atoms with Crippen LogP contribution >= 0.6 is 0 Å². The van der Waals surface area contributed by atoms with Crippen LogP contribution < -0.4 is 0 Å². The zero-order valence-corrected chi connectivity index (χ0v) is 27.0. The van der Waals surface area contributed by atoms with Gasteiger partial charge in [-0.1, -0.05) is 40.7 Å². The molecular weight excluding hydrogens is 576 g/mol. The van der Waals surface area contributed by atoms with E-state index >= 15 is 0 Å². The molecule has 7 N–H and O–H groups in total. The number of hydrogen-bond donors (Lipinski definition) is 7. The van der Waals surface area contributed by atoms with Gasteiger partial charge in [0.05, 0.1) is 23.2 Å². The first-order valence-electron chi connectivity index (χ1n) is 15.2. The fraction of sp³-hybridized carbons (Fsp3) is 0.844. The number of fused-ring (bicyclic) bond motifs is 3. The summed E-state index contributed by atoms with van der Waals surface area (Å²) in [5, 5.41) is 81.7. The highest BCUT2D eigenvalue weighted by Gasteiger charge is 3.00. The average Bonchev–Trinajstić information content (AvgIpc) is 3.50. The molecular formula is C32H48O12. The highest BCUT2D eigenvalue weighted by atomic mass is 16.6. The van der Waals surface area contributed by atoms with Crippen LogP contribution in [0.3, 0.4) is 0 Å². The first-order chi connectivity index (χ1) is 19.6. The molecule has 0 spiro atoms. The summed E-state index contributed by atoms with van der Waals surface area (Å²) in [4.78, 5) is 40.5. The second-order valence-electron chi connectivity index (χ2n) is 16.4. The van der Waals surface area contributed by atoms with Crippen LogP contribution in [0, 0.1) is 27.6 Å². The van der Waals surface area contributed by atoms with E-state index < -0.39 is 103 Å². The summed E-state index contributed by atoms with van der Waals surface area (Å²) in [6, 6.07) is 0. The van der Waals surface area contributed by atoms with Crippen LogP contribution in [0.2, 0.25) is 0 Å². The Balaban J connectivity index is 1.61. The van der Waals surface area contributed by atoms with Crippen molar-refractivity contribution in [3.8, 4) is 0 Å². The summed E-state index contributed by atoms with van der Waals surface area (Å²) in [5.74, 6) is -4.10. The van der Waals surface area contributed by atoms with Gasteiger partial charge in [0.1, 0.15) is 16.8 Å². The molecule has 0 bridgehead atoms. The molecule has 0 aromatic carbocycles. The number of ketones is 2. The van der Waals surface area contributed by atoms with E-state index in [1.54, 1.807) is 13.8 Å². The number of aliphatic hydroxyl groups excluding tert-OH is 3. The number of hydrogen-bond acceptors (Lipinski definition) is 12. The number of ether oxygens (including phenoxy) is 2. The highest BCUT2D eigenvalue weighted by molar-refractivity contribution is 6.13. The van der Waals surface area contributed by atoms with Crippen molar-refractivity contribution >= 4 is 17.5 Å². The summed E-state index contributed by atoms with van der Waals surface area (Å²) in [5.41, 5.74) is -19.8. The Morgan fingerprint density at radius 2 is 1.50 bits per heavy atom. The third-order valence-electron chi connectivity index (χ3n) is 13.2. The summed E-state index contributed by atoms with van der Waals surface area (Å²) >= 11 is 0. The maximum absolute atomic E-state index is 14.1. The van der Waals surface area contributed by atoms with Crippen molar-refractivity contribution in [2.75, 3.05) is 0 Å². The fourth-order valence-electron chi connectivity index (χ4n) is 10.2. The van der Waals surface area contributed by atoms with Gasteiger partial charge in [-0.05, 0) is 46.0 Å². The minimum absolute atomic E-state index is 0.207. The average molecular weight is 625 g/mol. The molecule has 0 amide bonds. The van der Waals surface area contributed by atoms with Gasteiger partial charge < -0.3 is 45.2 Å². The largest absolute Gasteiger partial charge is 0.454 e. The van der Waals surface area contributed by atoms with E-state index in [4.69, 9.17) is 9.47 Å². The zero-order valence-electron chi connectivity index (χ0n) is 27.0. The number of aliphatic hydroxyl groups is 7. The molecule has 1 aliphatic heterocycles. The van der Waals surface area contributed by atoms with Gasteiger partial charge in [-0.3, -0.25) is 9.59 Å². The van der Waals surface area contributed by atoms with Crippen molar-refractivity contribution in [3.05, 3.63) is 12.7 Å². The van der Waals surface area contributed by atoms with Gasteiger partial charge in [0.2, 0.25) is 0 Å². The maximum Gasteiger partial charge on any atom is 0.338 e. The second kappa shape index (κ2) is 8.57. The molecule has 1 heterocycles. The second-order valence-corrected chi connectivity index (χ2v) is 16.4. The molecule has 0 aromatic heterocycles. The van der Waals surface area contributed by atoms with E-state index in [0.717, 1.165) is 0 Å². The quantitative estimate of drug-likeness (QED) is 0.155. The van der Waals surface area contributed by atoms with Crippen molar-refractivity contribution in [3.63, 3.8) is 0 Å². The van der Waals surface area contributed by atoms with Crippen molar-refractivity contribution in [1.29, 1.82) is 0 Å². The van der Waals surface area contributed by atoms with Crippen LogP contribution in [-0.2, 0) is 23.9 Å². The number of carbonyl (C=O) groups is 3. The van der Waals surface area contributed by atoms with Crippen molar-refractivity contribution in [2.24, 2.45) is 27.6 Å². The van der Waals surface area contributed by atoms with E-state index in [1.165, 1.54) is 54.5 Å². The third-order valence-corrected chi connectivity index (χ3v) is 13.2. The number of carbonyl (C=O) groups excluding carboxylic acids is 3. The van der Waals surface area contributed by atoms with Gasteiger partial charge >= 0.3 is 5.97 Å². The van der Waals surface area contributed by atoms with Gasteiger partial charge in [-0.25, -0.2) is 4.79 Å². The smallest absolute Gasteiger partial charge is 0.338 e. The molecule has 5 aliphatic rings. The van der Waals surface area contributed by atoms with Gasteiger partial charge in [0.25, 0.3) is 0 Å². The summed E-state index contributed by atoms with van der Waals surface area (Å²) in [6.45, 7) is 16.9. The van der Waals surface area contributed by atoms with E-state index in [-0.39, 0.29) is 12.8 Å². The highest BCUT2D eigenvalue weighted by Crippen LogP contribution is 2.78. The first-order valence-corrected chi connectivity index (χ1v) is 15.2. The molecule has 5 fully saturated rings. The lowest BCUT2D eigenvalue weighted by molar-refractivity contribution is -0.371. The van der Waals surface area contributed by atoms with E-state index in [1.807, 2.05) is 0 Å². The minimum atomic E-state index is -2.78. The molecule has 12 heteroatoms. The minimum Gasteiger partial charge on any atom is -0.454 e. The summed E-state index contributed by atoms with van der Waals surface area (Å²) < 4.78 is 12.1. The molecule has 4 saturated carbocycles. The maximum atomic E-state index is 14.1. The van der Waals surface area contributed by atoms with Crippen LogP contribution in [0.15, 0.2) is 12.7 Å². The van der Waals surface area contributed by atoms with Crippen LogP contribution in [0.25, 0.3) is 0 Å². The van der Waals surface area contributed by atoms with Gasteiger partial charge in [-0.15, -0.1) is 6.58 Å². The molecule has 44 heavy (non-hydrogen) atoms. The van der Waals surface area contributed by atoms with E-state index in [2.05, 4.69) is 6.58 Å². The van der Waals surface area contributed by atoms with Crippen molar-refractivity contribution in [2.45, 2.75) is 140 Å². The molecule has 0 radical (unpaired) electrons. The van der Waals surface area contributed by atoms with Gasteiger partial charge in [-0.2, -0.15) is 0 Å². The molecule has 12 nitrogen and oxygen atoms in total. The zero-order chi connectivity index (χ0) is 33.9. The third kappa shape index (κ3) is 3.10.